The van der Waals surface area contributed by atoms with E-state index in [1.54, 1.807) is 29.2 Å². The van der Waals surface area contributed by atoms with Crippen LogP contribution in [0.25, 0.3) is 10.9 Å². The van der Waals surface area contributed by atoms with E-state index < -0.39 is 23.0 Å². The number of hydrogen-bond acceptors (Lipinski definition) is 4. The van der Waals surface area contributed by atoms with Gasteiger partial charge in [-0.2, -0.15) is 0 Å². The number of aromatic amines is 1. The van der Waals surface area contributed by atoms with Crippen LogP contribution in [0.5, 0.6) is 0 Å². The van der Waals surface area contributed by atoms with Crippen molar-refractivity contribution in [2.75, 3.05) is 19.6 Å². The van der Waals surface area contributed by atoms with Gasteiger partial charge in [-0.15, -0.1) is 0 Å². The fourth-order valence-corrected chi connectivity index (χ4v) is 4.83. The molecule has 1 N–H and O–H groups in total. The molecular weight excluding hydrogens is 451 g/mol. The third kappa shape index (κ3) is 4.38. The van der Waals surface area contributed by atoms with E-state index >= 15 is 0 Å². The molecule has 1 aliphatic heterocycles. The van der Waals surface area contributed by atoms with Gasteiger partial charge in [-0.05, 0) is 49.1 Å². The van der Waals surface area contributed by atoms with Crippen LogP contribution in [-0.4, -0.2) is 56.8 Å². The first kappa shape index (κ1) is 23.0. The van der Waals surface area contributed by atoms with Crippen molar-refractivity contribution in [2.45, 2.75) is 38.8 Å². The molecule has 35 heavy (non-hydrogen) atoms. The van der Waals surface area contributed by atoms with Crippen molar-refractivity contribution in [1.82, 2.24) is 19.4 Å². The Morgan fingerprint density at radius 1 is 1.09 bits per heavy atom. The molecule has 2 fully saturated rings. The number of fused-ring (bicyclic) bond motifs is 1. The summed E-state index contributed by atoms with van der Waals surface area (Å²) in [5.74, 6) is -0.787. The fourth-order valence-electron chi connectivity index (χ4n) is 4.83. The van der Waals surface area contributed by atoms with E-state index in [1.807, 2.05) is 11.8 Å². The number of hydrogen-bond donors (Lipinski definition) is 1. The van der Waals surface area contributed by atoms with E-state index in [-0.39, 0.29) is 30.0 Å². The molecule has 1 saturated heterocycles. The molecule has 2 aromatic carbocycles. The molecule has 1 saturated carbocycles. The Morgan fingerprint density at radius 2 is 1.86 bits per heavy atom. The Balaban J connectivity index is 1.40. The lowest BCUT2D eigenvalue weighted by molar-refractivity contribution is -0.137. The SMILES string of the molecule is CC[C@@H]1CN(C(=O)c2cc(Cn3c(=O)[nH]c(=O)c4ccccc43)ccc2F)CCN1C(=O)C1CC1. The Bertz CT molecular complexity index is 1420. The summed E-state index contributed by atoms with van der Waals surface area (Å²) in [6.07, 6.45) is 2.58. The highest BCUT2D eigenvalue weighted by Gasteiger charge is 2.39. The van der Waals surface area contributed by atoms with E-state index in [2.05, 4.69) is 4.98 Å². The van der Waals surface area contributed by atoms with E-state index in [1.165, 1.54) is 22.8 Å². The fraction of sp³-hybridized carbons (Fsp3) is 0.385. The average molecular weight is 479 g/mol. The molecule has 1 atom stereocenters. The maximum atomic E-state index is 14.8. The average Bonchev–Trinajstić information content (AvgIpc) is 3.72. The number of rotatable bonds is 5. The summed E-state index contributed by atoms with van der Waals surface area (Å²) in [4.78, 5) is 56.4. The van der Waals surface area contributed by atoms with Crippen LogP contribution in [0.3, 0.4) is 0 Å². The molecule has 5 rings (SSSR count). The molecule has 0 radical (unpaired) electrons. The maximum absolute atomic E-state index is 14.8. The van der Waals surface area contributed by atoms with Crippen molar-refractivity contribution >= 4 is 22.7 Å². The number of nitrogens with one attached hydrogen (secondary N) is 1. The van der Waals surface area contributed by atoms with Crippen molar-refractivity contribution in [1.29, 1.82) is 0 Å². The predicted octanol–water partition coefficient (Wildman–Crippen LogP) is 2.35. The zero-order valence-corrected chi connectivity index (χ0v) is 19.5. The summed E-state index contributed by atoms with van der Waals surface area (Å²) in [6.45, 7) is 3.21. The number of para-hydroxylation sites is 1. The van der Waals surface area contributed by atoms with Gasteiger partial charge in [0.2, 0.25) is 5.91 Å². The summed E-state index contributed by atoms with van der Waals surface area (Å²) in [7, 11) is 0. The molecule has 0 bridgehead atoms. The molecule has 3 aromatic rings. The molecule has 2 heterocycles. The number of amides is 2. The third-order valence-corrected chi connectivity index (χ3v) is 6.96. The van der Waals surface area contributed by atoms with Crippen LogP contribution in [0, 0.1) is 11.7 Å². The quantitative estimate of drug-likeness (QED) is 0.609. The normalized spacial score (nSPS) is 18.2. The van der Waals surface area contributed by atoms with Gasteiger partial charge in [-0.3, -0.25) is 23.9 Å². The predicted molar refractivity (Wildman–Crippen MR) is 129 cm³/mol. The Labute approximate surface area is 201 Å². The smallest absolute Gasteiger partial charge is 0.329 e. The third-order valence-electron chi connectivity index (χ3n) is 6.96. The molecule has 2 aliphatic rings. The molecule has 2 amide bonds. The van der Waals surface area contributed by atoms with E-state index in [0.29, 0.717) is 42.5 Å². The van der Waals surface area contributed by atoms with Crippen LogP contribution < -0.4 is 11.2 Å². The monoisotopic (exact) mass is 478 g/mol. The van der Waals surface area contributed by atoms with Gasteiger partial charge in [-0.1, -0.05) is 25.1 Å². The molecular formula is C26H27FN4O4. The van der Waals surface area contributed by atoms with Gasteiger partial charge in [0.25, 0.3) is 11.5 Å². The summed E-state index contributed by atoms with van der Waals surface area (Å²) >= 11 is 0. The van der Waals surface area contributed by atoms with Gasteiger partial charge in [0.15, 0.2) is 0 Å². The van der Waals surface area contributed by atoms with Crippen LogP contribution in [0.2, 0.25) is 0 Å². The van der Waals surface area contributed by atoms with Crippen molar-refractivity contribution in [3.05, 3.63) is 80.2 Å². The van der Waals surface area contributed by atoms with Gasteiger partial charge in [0.1, 0.15) is 5.82 Å². The molecule has 9 heteroatoms. The van der Waals surface area contributed by atoms with Crippen LogP contribution in [-0.2, 0) is 11.3 Å². The van der Waals surface area contributed by atoms with Crippen molar-refractivity contribution in [2.24, 2.45) is 5.92 Å². The lowest BCUT2D eigenvalue weighted by Gasteiger charge is -2.41. The van der Waals surface area contributed by atoms with Gasteiger partial charge in [0, 0.05) is 31.6 Å². The van der Waals surface area contributed by atoms with E-state index in [0.717, 1.165) is 12.8 Å². The number of aromatic nitrogens is 2. The second kappa shape index (κ2) is 9.13. The molecule has 1 aliphatic carbocycles. The zero-order valence-electron chi connectivity index (χ0n) is 19.5. The van der Waals surface area contributed by atoms with E-state index in [4.69, 9.17) is 0 Å². The Hall–Kier alpha value is -3.75. The summed E-state index contributed by atoms with van der Waals surface area (Å²) < 4.78 is 16.2. The van der Waals surface area contributed by atoms with E-state index in [9.17, 15) is 23.6 Å². The standard InChI is InChI=1S/C26H27FN4O4/c1-2-18-15-29(11-12-30(18)24(33)17-8-9-17)25(34)20-13-16(7-10-21(20)27)14-31-22-6-4-3-5-19(22)23(32)28-26(31)35/h3-7,10,13,17-18H,2,8-9,11-12,14-15H2,1H3,(H,28,32,35)/t18-/m1/s1. The Morgan fingerprint density at radius 3 is 2.60 bits per heavy atom. The number of piperazine rings is 1. The number of carbonyl (C=O) groups is 2. The molecule has 0 spiro atoms. The lowest BCUT2D eigenvalue weighted by Crippen LogP contribution is -2.56. The zero-order chi connectivity index (χ0) is 24.7. The minimum absolute atomic E-state index is 0.0674. The minimum Gasteiger partial charge on any atom is -0.336 e. The van der Waals surface area contributed by atoms with Crippen LogP contribution in [0.1, 0.15) is 42.1 Å². The molecule has 8 nitrogen and oxygen atoms in total. The molecule has 1 aromatic heterocycles. The van der Waals surface area contributed by atoms with Crippen LogP contribution in [0.4, 0.5) is 4.39 Å². The molecule has 182 valence electrons. The number of carbonyl (C=O) groups excluding carboxylic acids is 2. The maximum Gasteiger partial charge on any atom is 0.329 e. The number of benzene rings is 2. The number of nitrogens with zero attached hydrogens (tertiary/aromatic N) is 3. The summed E-state index contributed by atoms with van der Waals surface area (Å²) in [5, 5.41) is 0.370. The second-order valence-corrected chi connectivity index (χ2v) is 9.30. The Kier molecular flexibility index (Phi) is 6.00. The highest BCUT2D eigenvalue weighted by Crippen LogP contribution is 2.33. The van der Waals surface area contributed by atoms with Gasteiger partial charge in [-0.25, -0.2) is 9.18 Å². The highest BCUT2D eigenvalue weighted by molar-refractivity contribution is 5.95. The van der Waals surface area contributed by atoms with Gasteiger partial charge >= 0.3 is 5.69 Å². The highest BCUT2D eigenvalue weighted by atomic mass is 19.1. The lowest BCUT2D eigenvalue weighted by atomic mass is 10.0. The van der Waals surface area contributed by atoms with Crippen molar-refractivity contribution < 1.29 is 14.0 Å². The summed E-state index contributed by atoms with van der Waals surface area (Å²) in [5.41, 5.74) is -0.0971. The van der Waals surface area contributed by atoms with Gasteiger partial charge < -0.3 is 9.80 Å². The summed E-state index contributed by atoms with van der Waals surface area (Å²) in [6, 6.07) is 10.9. The van der Waals surface area contributed by atoms with Crippen molar-refractivity contribution in [3.8, 4) is 0 Å². The van der Waals surface area contributed by atoms with Crippen LogP contribution >= 0.6 is 0 Å². The molecule has 0 unspecified atom stereocenters. The first-order chi connectivity index (χ1) is 16.9. The first-order valence-corrected chi connectivity index (χ1v) is 12.0. The second-order valence-electron chi connectivity index (χ2n) is 9.30. The van der Waals surface area contributed by atoms with Crippen LogP contribution in [0.15, 0.2) is 52.1 Å². The first-order valence-electron chi connectivity index (χ1n) is 12.0. The minimum atomic E-state index is -0.637. The number of halogens is 1. The van der Waals surface area contributed by atoms with Gasteiger partial charge in [0.05, 0.1) is 23.0 Å². The van der Waals surface area contributed by atoms with Crippen molar-refractivity contribution in [3.63, 3.8) is 0 Å². The topological polar surface area (TPSA) is 95.5 Å². The largest absolute Gasteiger partial charge is 0.336 e. The number of H-pyrrole nitrogens is 1.